The zero-order valence-corrected chi connectivity index (χ0v) is 11.6. The van der Waals surface area contributed by atoms with Gasteiger partial charge >= 0.3 is 0 Å². The minimum absolute atomic E-state index is 0.0398. The fourth-order valence-electron chi connectivity index (χ4n) is 1.60. The van der Waals surface area contributed by atoms with Crippen LogP contribution in [0.15, 0.2) is 12.3 Å². The number of thioether (sulfide) groups is 1. The number of hydrogen-bond acceptors (Lipinski definition) is 5. The minimum Gasteiger partial charge on any atom is -0.370 e. The van der Waals surface area contributed by atoms with Crippen molar-refractivity contribution in [1.29, 1.82) is 0 Å². The van der Waals surface area contributed by atoms with Gasteiger partial charge in [0.05, 0.1) is 4.92 Å². The lowest BCUT2D eigenvalue weighted by Gasteiger charge is -2.07. The molecule has 0 aliphatic heterocycles. The van der Waals surface area contributed by atoms with Crippen LogP contribution < -0.4 is 5.32 Å². The highest BCUT2D eigenvalue weighted by Gasteiger charge is 2.08. The molecule has 0 unspecified atom stereocenters. The Kier molecular flexibility index (Phi) is 6.49. The lowest BCUT2D eigenvalue weighted by atomic mass is 10.2. The molecule has 6 heteroatoms. The molecule has 5 nitrogen and oxygen atoms in total. The van der Waals surface area contributed by atoms with Gasteiger partial charge in [0, 0.05) is 12.6 Å². The SMILES string of the molecule is CSCCCCCNc1ncc([N+](=O)[O-])cc1C. The summed E-state index contributed by atoms with van der Waals surface area (Å²) in [4.78, 5) is 14.2. The lowest BCUT2D eigenvalue weighted by Crippen LogP contribution is -2.05. The summed E-state index contributed by atoms with van der Waals surface area (Å²) in [5.41, 5.74) is 0.853. The van der Waals surface area contributed by atoms with Crippen molar-refractivity contribution in [3.05, 3.63) is 27.9 Å². The van der Waals surface area contributed by atoms with Crippen LogP contribution in [0.1, 0.15) is 24.8 Å². The lowest BCUT2D eigenvalue weighted by molar-refractivity contribution is -0.385. The van der Waals surface area contributed by atoms with E-state index in [1.54, 1.807) is 6.07 Å². The molecule has 0 spiro atoms. The van der Waals surface area contributed by atoms with Crippen molar-refractivity contribution in [1.82, 2.24) is 4.98 Å². The average Bonchev–Trinajstić information content (AvgIpc) is 2.35. The molecule has 0 saturated carbocycles. The van der Waals surface area contributed by atoms with Gasteiger partial charge in [0.1, 0.15) is 12.0 Å². The first kappa shape index (κ1) is 14.8. The number of nitrogens with one attached hydrogen (secondary N) is 1. The molecule has 0 fully saturated rings. The summed E-state index contributed by atoms with van der Waals surface area (Å²) in [5, 5.41) is 13.8. The summed E-state index contributed by atoms with van der Waals surface area (Å²) in [5.74, 6) is 1.94. The van der Waals surface area contributed by atoms with Gasteiger partial charge in [-0.05, 0) is 37.3 Å². The molecular formula is C12H19N3O2S. The van der Waals surface area contributed by atoms with E-state index >= 15 is 0 Å². The molecule has 0 amide bonds. The molecule has 0 saturated heterocycles. The molecule has 1 heterocycles. The maximum atomic E-state index is 10.6. The van der Waals surface area contributed by atoms with Crippen molar-refractivity contribution in [3.8, 4) is 0 Å². The first-order valence-corrected chi connectivity index (χ1v) is 7.38. The van der Waals surface area contributed by atoms with Crippen LogP contribution in [-0.2, 0) is 0 Å². The van der Waals surface area contributed by atoms with E-state index in [0.29, 0.717) is 0 Å². The molecule has 0 aliphatic rings. The van der Waals surface area contributed by atoms with Crippen LogP contribution in [0.2, 0.25) is 0 Å². The van der Waals surface area contributed by atoms with Crippen LogP contribution in [0.4, 0.5) is 11.5 Å². The Labute approximate surface area is 112 Å². The normalized spacial score (nSPS) is 10.3. The van der Waals surface area contributed by atoms with E-state index in [-0.39, 0.29) is 5.69 Å². The standard InChI is InChI=1S/C12H19N3O2S/c1-10-8-11(15(16)17)9-14-12(10)13-6-4-3-5-7-18-2/h8-9H,3-7H2,1-2H3,(H,13,14). The predicted molar refractivity (Wildman–Crippen MR) is 76.4 cm³/mol. The Bertz CT molecular complexity index is 399. The first-order valence-electron chi connectivity index (χ1n) is 5.99. The predicted octanol–water partition coefficient (Wildman–Crippen LogP) is 3.24. The number of anilines is 1. The van der Waals surface area contributed by atoms with Gasteiger partial charge in [-0.3, -0.25) is 10.1 Å². The highest BCUT2D eigenvalue weighted by atomic mass is 32.2. The van der Waals surface area contributed by atoms with Gasteiger partial charge in [-0.2, -0.15) is 11.8 Å². The number of nitro groups is 1. The molecule has 0 radical (unpaired) electrons. The highest BCUT2D eigenvalue weighted by Crippen LogP contribution is 2.17. The highest BCUT2D eigenvalue weighted by molar-refractivity contribution is 7.98. The van der Waals surface area contributed by atoms with Crippen LogP contribution in [0.5, 0.6) is 0 Å². The summed E-state index contributed by atoms with van der Waals surface area (Å²) < 4.78 is 0. The summed E-state index contributed by atoms with van der Waals surface area (Å²) in [6, 6.07) is 1.54. The molecule has 1 N–H and O–H groups in total. The van der Waals surface area contributed by atoms with Crippen LogP contribution >= 0.6 is 11.8 Å². The molecule has 1 aromatic rings. The fourth-order valence-corrected chi connectivity index (χ4v) is 2.09. The molecule has 100 valence electrons. The fraction of sp³-hybridized carbons (Fsp3) is 0.583. The van der Waals surface area contributed by atoms with Crippen molar-refractivity contribution >= 4 is 23.3 Å². The Morgan fingerprint density at radius 2 is 2.22 bits per heavy atom. The van der Waals surface area contributed by atoms with Crippen LogP contribution in [0.3, 0.4) is 0 Å². The minimum atomic E-state index is -0.424. The molecule has 0 atom stereocenters. The van der Waals surface area contributed by atoms with Gasteiger partial charge in [-0.15, -0.1) is 0 Å². The number of unbranched alkanes of at least 4 members (excludes halogenated alkanes) is 2. The zero-order chi connectivity index (χ0) is 13.4. The van der Waals surface area contributed by atoms with E-state index in [4.69, 9.17) is 0 Å². The summed E-state index contributed by atoms with van der Waals surface area (Å²) in [7, 11) is 0. The van der Waals surface area contributed by atoms with Crippen LogP contribution in [-0.4, -0.2) is 28.5 Å². The molecular weight excluding hydrogens is 250 g/mol. The Morgan fingerprint density at radius 1 is 1.44 bits per heavy atom. The Morgan fingerprint density at radius 3 is 2.83 bits per heavy atom. The van der Waals surface area contributed by atoms with Crippen LogP contribution in [0, 0.1) is 17.0 Å². The Hall–Kier alpha value is -1.30. The van der Waals surface area contributed by atoms with E-state index in [1.807, 2.05) is 18.7 Å². The number of aromatic nitrogens is 1. The monoisotopic (exact) mass is 269 g/mol. The second-order valence-corrected chi connectivity index (χ2v) is 5.08. The maximum Gasteiger partial charge on any atom is 0.287 e. The summed E-state index contributed by atoms with van der Waals surface area (Å²) in [6.45, 7) is 2.69. The molecule has 0 bridgehead atoms. The number of rotatable bonds is 8. The first-order chi connectivity index (χ1) is 8.65. The summed E-state index contributed by atoms with van der Waals surface area (Å²) in [6.07, 6.45) is 6.93. The van der Waals surface area contributed by atoms with Crippen molar-refractivity contribution in [2.45, 2.75) is 26.2 Å². The number of pyridine rings is 1. The largest absolute Gasteiger partial charge is 0.370 e. The van der Waals surface area contributed by atoms with E-state index in [2.05, 4.69) is 16.6 Å². The number of hydrogen-bond donors (Lipinski definition) is 1. The van der Waals surface area contributed by atoms with E-state index < -0.39 is 4.92 Å². The average molecular weight is 269 g/mol. The van der Waals surface area contributed by atoms with Crippen molar-refractivity contribution < 1.29 is 4.92 Å². The van der Waals surface area contributed by atoms with Crippen molar-refractivity contribution in [2.24, 2.45) is 0 Å². The van der Waals surface area contributed by atoms with Gasteiger partial charge in [-0.1, -0.05) is 6.42 Å². The quantitative estimate of drug-likeness (QED) is 0.446. The number of aryl methyl sites for hydroxylation is 1. The molecule has 0 aliphatic carbocycles. The Balaban J connectivity index is 2.36. The van der Waals surface area contributed by atoms with Crippen LogP contribution in [0.25, 0.3) is 0 Å². The van der Waals surface area contributed by atoms with Gasteiger partial charge in [0.2, 0.25) is 0 Å². The van der Waals surface area contributed by atoms with E-state index in [0.717, 1.165) is 24.3 Å². The molecule has 1 rings (SSSR count). The van der Waals surface area contributed by atoms with Gasteiger partial charge in [0.25, 0.3) is 5.69 Å². The van der Waals surface area contributed by atoms with E-state index in [1.165, 1.54) is 24.8 Å². The maximum absolute atomic E-state index is 10.6. The van der Waals surface area contributed by atoms with Gasteiger partial charge in [0.15, 0.2) is 0 Å². The molecule has 0 aromatic carbocycles. The third-order valence-corrected chi connectivity index (χ3v) is 3.29. The topological polar surface area (TPSA) is 68.1 Å². The smallest absolute Gasteiger partial charge is 0.287 e. The van der Waals surface area contributed by atoms with Crippen molar-refractivity contribution in [3.63, 3.8) is 0 Å². The van der Waals surface area contributed by atoms with E-state index in [9.17, 15) is 10.1 Å². The third-order valence-electron chi connectivity index (χ3n) is 2.59. The second kappa shape index (κ2) is 7.92. The zero-order valence-electron chi connectivity index (χ0n) is 10.8. The second-order valence-electron chi connectivity index (χ2n) is 4.10. The van der Waals surface area contributed by atoms with Gasteiger partial charge < -0.3 is 5.32 Å². The molecule has 18 heavy (non-hydrogen) atoms. The molecule has 1 aromatic heterocycles. The van der Waals surface area contributed by atoms with Gasteiger partial charge in [-0.25, -0.2) is 4.98 Å². The van der Waals surface area contributed by atoms with Crippen molar-refractivity contribution in [2.75, 3.05) is 23.9 Å². The summed E-state index contributed by atoms with van der Waals surface area (Å²) >= 11 is 1.87. The third kappa shape index (κ3) is 4.91. The number of nitrogens with zero attached hydrogens (tertiary/aromatic N) is 2.